The number of halogens is 1. The lowest BCUT2D eigenvalue weighted by atomic mass is 10.1. The second kappa shape index (κ2) is 7.90. The average molecular weight is 393 g/mol. The van der Waals surface area contributed by atoms with Gasteiger partial charge < -0.3 is 10.3 Å². The van der Waals surface area contributed by atoms with Crippen molar-refractivity contribution < 1.29 is 4.79 Å². The first-order valence-electron chi connectivity index (χ1n) is 9.26. The van der Waals surface area contributed by atoms with Gasteiger partial charge in [0.25, 0.3) is 5.91 Å². The van der Waals surface area contributed by atoms with Gasteiger partial charge in [0.2, 0.25) is 0 Å². The fourth-order valence-corrected chi connectivity index (χ4v) is 3.37. The Balaban J connectivity index is 1.34. The van der Waals surface area contributed by atoms with Crippen molar-refractivity contribution in [1.29, 1.82) is 0 Å². The first-order valence-corrected chi connectivity index (χ1v) is 9.64. The molecular formula is C22H21ClN4O. The zero-order valence-electron chi connectivity index (χ0n) is 15.5. The van der Waals surface area contributed by atoms with Gasteiger partial charge in [-0.25, -0.2) is 4.68 Å². The van der Waals surface area contributed by atoms with Crippen LogP contribution in [0.25, 0.3) is 16.6 Å². The minimum Gasteiger partial charge on any atom is -0.351 e. The average Bonchev–Trinajstić information content (AvgIpc) is 3.34. The number of hydrogen-bond acceptors (Lipinski definition) is 2. The Morgan fingerprint density at radius 2 is 2.04 bits per heavy atom. The zero-order valence-corrected chi connectivity index (χ0v) is 16.3. The molecule has 28 heavy (non-hydrogen) atoms. The van der Waals surface area contributed by atoms with E-state index >= 15 is 0 Å². The standard InChI is InChI=1S/C22H21ClN4O/c1-15(7-8-16-13-24-27(14-16)19-5-3-2-4-6-19)25-22(28)21-12-17-11-18(23)9-10-20(17)26-21/h2-6,9-15,26H,7-8H2,1H3,(H,25,28)/t15-/m1/s1. The summed E-state index contributed by atoms with van der Waals surface area (Å²) in [5.41, 5.74) is 3.62. The molecule has 0 aliphatic rings. The molecule has 4 aromatic rings. The summed E-state index contributed by atoms with van der Waals surface area (Å²) in [5.74, 6) is -0.111. The molecule has 0 aliphatic heterocycles. The lowest BCUT2D eigenvalue weighted by molar-refractivity contribution is 0.0934. The van der Waals surface area contributed by atoms with E-state index in [2.05, 4.69) is 15.4 Å². The number of hydrogen-bond donors (Lipinski definition) is 2. The molecule has 0 radical (unpaired) electrons. The van der Waals surface area contributed by atoms with Gasteiger partial charge in [0.1, 0.15) is 5.69 Å². The monoisotopic (exact) mass is 392 g/mol. The third-order valence-corrected chi connectivity index (χ3v) is 4.96. The maximum absolute atomic E-state index is 12.5. The van der Waals surface area contributed by atoms with Gasteiger partial charge in [-0.1, -0.05) is 29.8 Å². The van der Waals surface area contributed by atoms with Crippen LogP contribution in [0.15, 0.2) is 67.0 Å². The van der Waals surface area contributed by atoms with Gasteiger partial charge in [-0.2, -0.15) is 5.10 Å². The van der Waals surface area contributed by atoms with Crippen molar-refractivity contribution in [2.24, 2.45) is 0 Å². The highest BCUT2D eigenvalue weighted by Gasteiger charge is 2.13. The minimum atomic E-state index is -0.111. The van der Waals surface area contributed by atoms with Crippen molar-refractivity contribution in [2.75, 3.05) is 0 Å². The molecule has 2 aromatic heterocycles. The third-order valence-electron chi connectivity index (χ3n) is 4.73. The molecule has 1 amide bonds. The molecule has 0 aliphatic carbocycles. The lowest BCUT2D eigenvalue weighted by Gasteiger charge is -2.12. The number of para-hydroxylation sites is 1. The predicted octanol–water partition coefficient (Wildman–Crippen LogP) is 4.76. The first kappa shape index (κ1) is 18.3. The summed E-state index contributed by atoms with van der Waals surface area (Å²) in [7, 11) is 0. The summed E-state index contributed by atoms with van der Waals surface area (Å²) < 4.78 is 1.87. The van der Waals surface area contributed by atoms with Gasteiger partial charge in [0, 0.05) is 28.2 Å². The fourth-order valence-electron chi connectivity index (χ4n) is 3.19. The highest BCUT2D eigenvalue weighted by molar-refractivity contribution is 6.31. The molecule has 6 heteroatoms. The van der Waals surface area contributed by atoms with E-state index in [1.54, 1.807) is 6.07 Å². The number of amides is 1. The summed E-state index contributed by atoms with van der Waals surface area (Å²) in [6.07, 6.45) is 5.59. The van der Waals surface area contributed by atoms with Crippen molar-refractivity contribution in [2.45, 2.75) is 25.8 Å². The van der Waals surface area contributed by atoms with Crippen molar-refractivity contribution in [1.82, 2.24) is 20.1 Å². The molecule has 0 bridgehead atoms. The number of aromatic nitrogens is 3. The van der Waals surface area contributed by atoms with Crippen molar-refractivity contribution in [3.8, 4) is 5.69 Å². The molecule has 4 rings (SSSR count). The predicted molar refractivity (Wildman–Crippen MR) is 112 cm³/mol. The molecule has 0 saturated heterocycles. The van der Waals surface area contributed by atoms with Gasteiger partial charge in [-0.3, -0.25) is 4.79 Å². The van der Waals surface area contributed by atoms with Crippen LogP contribution in [0.5, 0.6) is 0 Å². The fraction of sp³-hybridized carbons (Fsp3) is 0.182. The number of nitrogens with zero attached hydrogens (tertiary/aromatic N) is 2. The minimum absolute atomic E-state index is 0.0441. The van der Waals surface area contributed by atoms with Crippen molar-refractivity contribution >= 4 is 28.4 Å². The second-order valence-electron chi connectivity index (χ2n) is 6.96. The Labute approximate surface area is 168 Å². The van der Waals surface area contributed by atoms with Crippen LogP contribution in [0, 0.1) is 0 Å². The molecule has 0 fully saturated rings. The van der Waals surface area contributed by atoms with Gasteiger partial charge >= 0.3 is 0 Å². The Bertz CT molecular complexity index is 1100. The molecule has 5 nitrogen and oxygen atoms in total. The number of benzene rings is 2. The van der Waals surface area contributed by atoms with Crippen LogP contribution in [0.2, 0.25) is 5.02 Å². The summed E-state index contributed by atoms with van der Waals surface area (Å²) in [6, 6.07) is 17.4. The van der Waals surface area contributed by atoms with Crippen LogP contribution >= 0.6 is 11.6 Å². The third kappa shape index (κ3) is 4.10. The highest BCUT2D eigenvalue weighted by Crippen LogP contribution is 2.20. The van der Waals surface area contributed by atoms with E-state index < -0.39 is 0 Å². The molecule has 0 spiro atoms. The van der Waals surface area contributed by atoms with E-state index in [1.165, 1.54) is 0 Å². The number of H-pyrrole nitrogens is 1. The van der Waals surface area contributed by atoms with E-state index in [1.807, 2.05) is 72.5 Å². The molecule has 2 N–H and O–H groups in total. The van der Waals surface area contributed by atoms with E-state index in [4.69, 9.17) is 11.6 Å². The molecule has 0 saturated carbocycles. The van der Waals surface area contributed by atoms with Crippen LogP contribution in [0.3, 0.4) is 0 Å². The van der Waals surface area contributed by atoms with E-state index in [0.29, 0.717) is 10.7 Å². The molecular weight excluding hydrogens is 372 g/mol. The molecule has 142 valence electrons. The summed E-state index contributed by atoms with van der Waals surface area (Å²) in [5, 5.41) is 9.05. The SMILES string of the molecule is C[C@H](CCc1cnn(-c2ccccc2)c1)NC(=O)c1cc2cc(Cl)ccc2[nH]1. The highest BCUT2D eigenvalue weighted by atomic mass is 35.5. The lowest BCUT2D eigenvalue weighted by Crippen LogP contribution is -2.33. The summed E-state index contributed by atoms with van der Waals surface area (Å²) in [6.45, 7) is 2.01. The Kier molecular flexibility index (Phi) is 5.17. The van der Waals surface area contributed by atoms with E-state index in [-0.39, 0.29) is 11.9 Å². The van der Waals surface area contributed by atoms with Crippen LogP contribution in [-0.4, -0.2) is 26.7 Å². The number of nitrogens with one attached hydrogen (secondary N) is 2. The Morgan fingerprint density at radius 3 is 2.86 bits per heavy atom. The van der Waals surface area contributed by atoms with Gasteiger partial charge in [0.05, 0.1) is 11.9 Å². The van der Waals surface area contributed by atoms with Gasteiger partial charge in [-0.15, -0.1) is 0 Å². The van der Waals surface area contributed by atoms with Crippen LogP contribution < -0.4 is 5.32 Å². The normalized spacial score (nSPS) is 12.2. The van der Waals surface area contributed by atoms with Crippen molar-refractivity contribution in [3.05, 3.63) is 83.3 Å². The summed E-state index contributed by atoms with van der Waals surface area (Å²) >= 11 is 6.01. The van der Waals surface area contributed by atoms with Crippen LogP contribution in [0.1, 0.15) is 29.4 Å². The Hall–Kier alpha value is -3.05. The van der Waals surface area contributed by atoms with E-state index in [9.17, 15) is 4.79 Å². The van der Waals surface area contributed by atoms with Crippen LogP contribution in [0.4, 0.5) is 0 Å². The number of carbonyl (C=O) groups excluding carboxylic acids is 1. The topological polar surface area (TPSA) is 62.7 Å². The molecule has 2 aromatic carbocycles. The van der Waals surface area contributed by atoms with Gasteiger partial charge in [0.15, 0.2) is 0 Å². The number of aromatic amines is 1. The van der Waals surface area contributed by atoms with E-state index in [0.717, 1.165) is 35.0 Å². The Morgan fingerprint density at radius 1 is 1.21 bits per heavy atom. The molecule has 1 atom stereocenters. The number of fused-ring (bicyclic) bond motifs is 1. The maximum atomic E-state index is 12.5. The number of aryl methyl sites for hydroxylation is 1. The smallest absolute Gasteiger partial charge is 0.267 e. The maximum Gasteiger partial charge on any atom is 0.267 e. The van der Waals surface area contributed by atoms with Gasteiger partial charge in [-0.05, 0) is 61.7 Å². The zero-order chi connectivity index (χ0) is 19.5. The first-order chi connectivity index (χ1) is 13.6. The summed E-state index contributed by atoms with van der Waals surface area (Å²) in [4.78, 5) is 15.7. The number of carbonyl (C=O) groups is 1. The second-order valence-corrected chi connectivity index (χ2v) is 7.39. The molecule has 0 unspecified atom stereocenters. The quantitative estimate of drug-likeness (QED) is 0.497. The largest absolute Gasteiger partial charge is 0.351 e. The molecule has 2 heterocycles. The van der Waals surface area contributed by atoms with Crippen molar-refractivity contribution in [3.63, 3.8) is 0 Å². The van der Waals surface area contributed by atoms with Crippen LogP contribution in [-0.2, 0) is 6.42 Å². The number of rotatable bonds is 6.